The normalized spacial score (nSPS) is 12.5. The van der Waals surface area contributed by atoms with Gasteiger partial charge in [-0.25, -0.2) is 0 Å². The lowest BCUT2D eigenvalue weighted by molar-refractivity contribution is -0.137. The van der Waals surface area contributed by atoms with Crippen LogP contribution < -0.4 is 5.32 Å². The molecular formula is C13H21N3O3. The predicted octanol–water partition coefficient (Wildman–Crippen LogP) is 1.53. The first-order valence-electron chi connectivity index (χ1n) is 6.37. The van der Waals surface area contributed by atoms with Crippen molar-refractivity contribution in [3.63, 3.8) is 0 Å². The summed E-state index contributed by atoms with van der Waals surface area (Å²) in [4.78, 5) is 22.6. The monoisotopic (exact) mass is 267 g/mol. The Morgan fingerprint density at radius 1 is 1.42 bits per heavy atom. The number of rotatable bonds is 6. The van der Waals surface area contributed by atoms with Crippen molar-refractivity contribution in [2.45, 2.75) is 45.6 Å². The summed E-state index contributed by atoms with van der Waals surface area (Å²) in [6, 6.07) is -0.177. The Balaban J connectivity index is 2.70. The van der Waals surface area contributed by atoms with E-state index in [-0.39, 0.29) is 24.3 Å². The van der Waals surface area contributed by atoms with E-state index >= 15 is 0 Å². The van der Waals surface area contributed by atoms with Gasteiger partial charge in [0.15, 0.2) is 0 Å². The van der Waals surface area contributed by atoms with Gasteiger partial charge in [-0.1, -0.05) is 13.8 Å². The zero-order valence-electron chi connectivity index (χ0n) is 11.8. The zero-order valence-corrected chi connectivity index (χ0v) is 11.8. The standard InChI is InChI=1S/C13H21N3O3/c1-8(2)12-10(7-16(4)15-12)13(19)14-9(3)5-6-11(17)18/h7-9H,5-6H2,1-4H3,(H,14,19)(H,17,18). The first-order chi connectivity index (χ1) is 8.81. The van der Waals surface area contributed by atoms with Crippen molar-refractivity contribution < 1.29 is 14.7 Å². The van der Waals surface area contributed by atoms with E-state index in [1.165, 1.54) is 0 Å². The Morgan fingerprint density at radius 2 is 2.05 bits per heavy atom. The molecule has 1 aromatic heterocycles. The molecule has 0 fully saturated rings. The highest BCUT2D eigenvalue weighted by Crippen LogP contribution is 2.17. The summed E-state index contributed by atoms with van der Waals surface area (Å²) >= 11 is 0. The molecular weight excluding hydrogens is 246 g/mol. The molecule has 6 heteroatoms. The van der Waals surface area contributed by atoms with E-state index in [1.807, 2.05) is 13.8 Å². The maximum Gasteiger partial charge on any atom is 0.303 e. The minimum Gasteiger partial charge on any atom is -0.481 e. The average molecular weight is 267 g/mol. The lowest BCUT2D eigenvalue weighted by Gasteiger charge is -2.13. The zero-order chi connectivity index (χ0) is 14.6. The molecule has 1 heterocycles. The molecule has 1 unspecified atom stereocenters. The number of carbonyl (C=O) groups is 2. The third-order valence-corrected chi connectivity index (χ3v) is 2.82. The smallest absolute Gasteiger partial charge is 0.303 e. The van der Waals surface area contributed by atoms with Gasteiger partial charge in [-0.3, -0.25) is 14.3 Å². The Kier molecular flexibility index (Phi) is 5.09. The molecule has 0 bridgehead atoms. The summed E-state index contributed by atoms with van der Waals surface area (Å²) in [5.74, 6) is -0.892. The Labute approximate surface area is 112 Å². The second kappa shape index (κ2) is 6.36. The fourth-order valence-corrected chi connectivity index (χ4v) is 1.82. The second-order valence-corrected chi connectivity index (χ2v) is 5.06. The molecule has 19 heavy (non-hydrogen) atoms. The van der Waals surface area contributed by atoms with Gasteiger partial charge < -0.3 is 10.4 Å². The average Bonchev–Trinajstić information content (AvgIpc) is 2.69. The van der Waals surface area contributed by atoms with Gasteiger partial charge in [0.05, 0.1) is 11.3 Å². The summed E-state index contributed by atoms with van der Waals surface area (Å²) in [7, 11) is 1.77. The number of nitrogens with zero attached hydrogens (tertiary/aromatic N) is 2. The molecule has 0 spiro atoms. The minimum atomic E-state index is -0.856. The number of hydrogen-bond acceptors (Lipinski definition) is 3. The Bertz CT molecular complexity index is 466. The SMILES string of the molecule is CC(CCC(=O)O)NC(=O)c1cn(C)nc1C(C)C. The van der Waals surface area contributed by atoms with Crippen molar-refractivity contribution in [3.8, 4) is 0 Å². The first kappa shape index (κ1) is 15.2. The molecule has 106 valence electrons. The van der Waals surface area contributed by atoms with Crippen LogP contribution >= 0.6 is 0 Å². The maximum atomic E-state index is 12.1. The lowest BCUT2D eigenvalue weighted by atomic mass is 10.1. The summed E-state index contributed by atoms with van der Waals surface area (Å²) in [6.45, 7) is 5.76. The van der Waals surface area contributed by atoms with Gasteiger partial charge >= 0.3 is 5.97 Å². The van der Waals surface area contributed by atoms with Crippen LogP contribution in [-0.4, -0.2) is 32.8 Å². The number of amides is 1. The number of carboxylic acid groups (broad SMARTS) is 1. The molecule has 0 radical (unpaired) electrons. The van der Waals surface area contributed by atoms with Crippen LogP contribution in [0.3, 0.4) is 0 Å². The molecule has 2 N–H and O–H groups in total. The van der Waals surface area contributed by atoms with Crippen molar-refractivity contribution in [1.29, 1.82) is 0 Å². The Hall–Kier alpha value is -1.85. The summed E-state index contributed by atoms with van der Waals surface area (Å²) in [5.41, 5.74) is 1.31. The fourth-order valence-electron chi connectivity index (χ4n) is 1.82. The van der Waals surface area contributed by atoms with Gasteiger partial charge in [0.1, 0.15) is 0 Å². The molecule has 0 aliphatic carbocycles. The van der Waals surface area contributed by atoms with Gasteiger partial charge in [0, 0.05) is 25.7 Å². The number of aryl methyl sites for hydroxylation is 1. The summed E-state index contributed by atoms with van der Waals surface area (Å²) in [5, 5.41) is 15.7. The van der Waals surface area contributed by atoms with Crippen LogP contribution in [0.25, 0.3) is 0 Å². The van der Waals surface area contributed by atoms with E-state index in [9.17, 15) is 9.59 Å². The summed E-state index contributed by atoms with van der Waals surface area (Å²) in [6.07, 6.45) is 2.15. The van der Waals surface area contributed by atoms with Crippen LogP contribution in [0.15, 0.2) is 6.20 Å². The van der Waals surface area contributed by atoms with E-state index in [0.717, 1.165) is 5.69 Å². The number of aromatic nitrogens is 2. The van der Waals surface area contributed by atoms with E-state index in [1.54, 1.807) is 24.9 Å². The van der Waals surface area contributed by atoms with Crippen LogP contribution in [0.1, 0.15) is 55.6 Å². The fraction of sp³-hybridized carbons (Fsp3) is 0.615. The molecule has 0 aliphatic heterocycles. The molecule has 0 saturated heterocycles. The molecule has 1 amide bonds. The topological polar surface area (TPSA) is 84.2 Å². The van der Waals surface area contributed by atoms with Gasteiger partial charge in [-0.05, 0) is 19.3 Å². The summed E-state index contributed by atoms with van der Waals surface area (Å²) < 4.78 is 1.62. The second-order valence-electron chi connectivity index (χ2n) is 5.06. The molecule has 6 nitrogen and oxygen atoms in total. The molecule has 1 aromatic rings. The van der Waals surface area contributed by atoms with Crippen LogP contribution in [0.5, 0.6) is 0 Å². The van der Waals surface area contributed by atoms with Crippen LogP contribution in [-0.2, 0) is 11.8 Å². The largest absolute Gasteiger partial charge is 0.481 e. The predicted molar refractivity (Wildman–Crippen MR) is 71.1 cm³/mol. The third kappa shape index (κ3) is 4.39. The van der Waals surface area contributed by atoms with E-state index < -0.39 is 5.97 Å². The lowest BCUT2D eigenvalue weighted by Crippen LogP contribution is -2.33. The molecule has 1 atom stereocenters. The van der Waals surface area contributed by atoms with Crippen LogP contribution in [0.4, 0.5) is 0 Å². The molecule has 1 rings (SSSR count). The van der Waals surface area contributed by atoms with Gasteiger partial charge in [0.2, 0.25) is 0 Å². The number of hydrogen-bond donors (Lipinski definition) is 2. The van der Waals surface area contributed by atoms with Crippen molar-refractivity contribution in [2.24, 2.45) is 7.05 Å². The quantitative estimate of drug-likeness (QED) is 0.818. The first-order valence-corrected chi connectivity index (χ1v) is 6.37. The van der Waals surface area contributed by atoms with Gasteiger partial charge in [-0.15, -0.1) is 0 Å². The van der Waals surface area contributed by atoms with Crippen molar-refractivity contribution >= 4 is 11.9 Å². The van der Waals surface area contributed by atoms with E-state index in [0.29, 0.717) is 12.0 Å². The van der Waals surface area contributed by atoms with Crippen molar-refractivity contribution in [3.05, 3.63) is 17.5 Å². The Morgan fingerprint density at radius 3 is 2.58 bits per heavy atom. The van der Waals surface area contributed by atoms with Crippen LogP contribution in [0.2, 0.25) is 0 Å². The minimum absolute atomic E-state index is 0.0471. The van der Waals surface area contributed by atoms with E-state index in [4.69, 9.17) is 5.11 Å². The van der Waals surface area contributed by atoms with Crippen molar-refractivity contribution in [1.82, 2.24) is 15.1 Å². The third-order valence-electron chi connectivity index (χ3n) is 2.82. The number of nitrogens with one attached hydrogen (secondary N) is 1. The van der Waals surface area contributed by atoms with E-state index in [2.05, 4.69) is 10.4 Å². The van der Waals surface area contributed by atoms with Crippen molar-refractivity contribution in [2.75, 3.05) is 0 Å². The maximum absolute atomic E-state index is 12.1. The molecule has 0 aromatic carbocycles. The number of carbonyl (C=O) groups excluding carboxylic acids is 1. The van der Waals surface area contributed by atoms with Gasteiger partial charge in [-0.2, -0.15) is 5.10 Å². The highest BCUT2D eigenvalue weighted by molar-refractivity contribution is 5.95. The van der Waals surface area contributed by atoms with Crippen LogP contribution in [0, 0.1) is 0 Å². The highest BCUT2D eigenvalue weighted by atomic mass is 16.4. The number of carboxylic acids is 1. The molecule has 0 aliphatic rings. The number of aliphatic carboxylic acids is 1. The molecule has 0 saturated carbocycles. The highest BCUT2D eigenvalue weighted by Gasteiger charge is 2.19. The van der Waals surface area contributed by atoms with Gasteiger partial charge in [0.25, 0.3) is 5.91 Å².